The van der Waals surface area contributed by atoms with Gasteiger partial charge in [0.25, 0.3) is 0 Å². The van der Waals surface area contributed by atoms with Gasteiger partial charge >= 0.3 is 6.09 Å². The second kappa shape index (κ2) is 8.41. The number of rotatable bonds is 2. The van der Waals surface area contributed by atoms with Crippen LogP contribution in [0.2, 0.25) is 0 Å². The van der Waals surface area contributed by atoms with Crippen LogP contribution in [0.25, 0.3) is 0 Å². The summed E-state index contributed by atoms with van der Waals surface area (Å²) >= 11 is 0. The molecule has 0 aromatic carbocycles. The summed E-state index contributed by atoms with van der Waals surface area (Å²) in [6.07, 6.45) is -0.179. The molecule has 1 fully saturated rings. The van der Waals surface area contributed by atoms with Gasteiger partial charge < -0.3 is 9.64 Å². The van der Waals surface area contributed by atoms with E-state index >= 15 is 0 Å². The van der Waals surface area contributed by atoms with Crippen molar-refractivity contribution >= 4 is 6.09 Å². The predicted octanol–water partition coefficient (Wildman–Crippen LogP) is 3.22. The highest BCUT2D eigenvalue weighted by atomic mass is 16.6. The van der Waals surface area contributed by atoms with E-state index in [2.05, 4.69) is 18.7 Å². The Balaban J connectivity index is 0.00000154. The molecule has 0 atom stereocenters. The average Bonchev–Trinajstić information content (AvgIpc) is 2.29. The SMILES string of the molecule is CC.CC(C)CN1CCN(C(=O)OC(C)(C)C)CC1. The van der Waals surface area contributed by atoms with Gasteiger partial charge in [-0.2, -0.15) is 0 Å². The van der Waals surface area contributed by atoms with E-state index in [4.69, 9.17) is 4.74 Å². The number of carbonyl (C=O) groups is 1. The van der Waals surface area contributed by atoms with E-state index in [1.165, 1.54) is 0 Å². The van der Waals surface area contributed by atoms with Crippen LogP contribution in [0.1, 0.15) is 48.5 Å². The fourth-order valence-electron chi connectivity index (χ4n) is 1.96. The van der Waals surface area contributed by atoms with Crippen LogP contribution in [0.3, 0.4) is 0 Å². The molecule has 0 N–H and O–H groups in total. The van der Waals surface area contributed by atoms with Gasteiger partial charge in [0.15, 0.2) is 0 Å². The number of hydrogen-bond donors (Lipinski definition) is 0. The first-order valence-corrected chi connectivity index (χ1v) is 7.48. The van der Waals surface area contributed by atoms with Gasteiger partial charge in [-0.1, -0.05) is 27.7 Å². The van der Waals surface area contributed by atoms with Gasteiger partial charge in [0.2, 0.25) is 0 Å². The van der Waals surface area contributed by atoms with E-state index in [1.807, 2.05) is 39.5 Å². The van der Waals surface area contributed by atoms with E-state index in [-0.39, 0.29) is 6.09 Å². The minimum Gasteiger partial charge on any atom is -0.444 e. The summed E-state index contributed by atoms with van der Waals surface area (Å²) in [6, 6.07) is 0. The molecule has 4 nitrogen and oxygen atoms in total. The number of piperazine rings is 1. The molecule has 4 heteroatoms. The molecule has 0 unspecified atom stereocenters. The Morgan fingerprint density at radius 2 is 1.58 bits per heavy atom. The maximum atomic E-state index is 11.8. The van der Waals surface area contributed by atoms with Crippen LogP contribution >= 0.6 is 0 Å². The fourth-order valence-corrected chi connectivity index (χ4v) is 1.96. The molecule has 1 amide bonds. The lowest BCUT2D eigenvalue weighted by atomic mass is 10.2. The standard InChI is InChI=1S/C13H26N2O2.C2H6/c1-11(2)10-14-6-8-15(9-7-14)12(16)17-13(3,4)5;1-2/h11H,6-10H2,1-5H3;1-2H3. The maximum absolute atomic E-state index is 11.8. The van der Waals surface area contributed by atoms with Gasteiger partial charge in [-0.25, -0.2) is 4.79 Å². The van der Waals surface area contributed by atoms with Crippen LogP contribution in [0.5, 0.6) is 0 Å². The van der Waals surface area contributed by atoms with Crippen LogP contribution in [0, 0.1) is 5.92 Å². The topological polar surface area (TPSA) is 32.8 Å². The van der Waals surface area contributed by atoms with Gasteiger partial charge in [0.05, 0.1) is 0 Å². The second-order valence-corrected chi connectivity index (χ2v) is 6.16. The second-order valence-electron chi connectivity index (χ2n) is 6.16. The third-order valence-electron chi connectivity index (χ3n) is 2.65. The van der Waals surface area contributed by atoms with Crippen molar-refractivity contribution in [3.05, 3.63) is 0 Å². The Kier molecular flexibility index (Phi) is 8.07. The molecule has 114 valence electrons. The third-order valence-corrected chi connectivity index (χ3v) is 2.65. The minimum atomic E-state index is -0.397. The number of ether oxygens (including phenoxy) is 1. The Bertz CT molecular complexity index is 251. The fraction of sp³-hybridized carbons (Fsp3) is 0.933. The van der Waals surface area contributed by atoms with Crippen molar-refractivity contribution in [3.8, 4) is 0 Å². The van der Waals surface area contributed by atoms with Crippen molar-refractivity contribution in [1.82, 2.24) is 9.80 Å². The van der Waals surface area contributed by atoms with Gasteiger partial charge in [-0.15, -0.1) is 0 Å². The number of amides is 1. The lowest BCUT2D eigenvalue weighted by molar-refractivity contribution is 0.0137. The molecule has 0 aliphatic carbocycles. The van der Waals surface area contributed by atoms with Crippen LogP contribution in [0.4, 0.5) is 4.79 Å². The lowest BCUT2D eigenvalue weighted by Crippen LogP contribution is -2.50. The van der Waals surface area contributed by atoms with Crippen LogP contribution < -0.4 is 0 Å². The molecule has 19 heavy (non-hydrogen) atoms. The highest BCUT2D eigenvalue weighted by Crippen LogP contribution is 2.12. The normalized spacial score (nSPS) is 16.9. The zero-order valence-electron chi connectivity index (χ0n) is 13.8. The van der Waals surface area contributed by atoms with E-state index in [9.17, 15) is 4.79 Å². The summed E-state index contributed by atoms with van der Waals surface area (Å²) in [5, 5.41) is 0. The predicted molar refractivity (Wildman–Crippen MR) is 80.4 cm³/mol. The van der Waals surface area contributed by atoms with E-state index in [0.29, 0.717) is 5.92 Å². The average molecular weight is 272 g/mol. The van der Waals surface area contributed by atoms with E-state index in [0.717, 1.165) is 32.7 Å². The first-order chi connectivity index (χ1) is 8.78. The Morgan fingerprint density at radius 1 is 1.11 bits per heavy atom. The van der Waals surface area contributed by atoms with Crippen molar-refractivity contribution in [2.24, 2.45) is 5.92 Å². The lowest BCUT2D eigenvalue weighted by Gasteiger charge is -2.36. The molecule has 0 bridgehead atoms. The smallest absolute Gasteiger partial charge is 0.410 e. The molecule has 1 aliphatic rings. The molecule has 1 heterocycles. The first kappa shape index (κ1) is 18.2. The summed E-state index contributed by atoms with van der Waals surface area (Å²) in [5.74, 6) is 0.683. The summed E-state index contributed by atoms with van der Waals surface area (Å²) in [4.78, 5) is 16.0. The van der Waals surface area contributed by atoms with Crippen LogP contribution in [-0.2, 0) is 4.74 Å². The molecule has 1 saturated heterocycles. The summed E-state index contributed by atoms with van der Waals surface area (Å²) < 4.78 is 5.36. The molecule has 0 saturated carbocycles. The van der Waals surface area contributed by atoms with Crippen LogP contribution in [-0.4, -0.2) is 54.2 Å². The van der Waals surface area contributed by atoms with Crippen molar-refractivity contribution in [2.75, 3.05) is 32.7 Å². The largest absolute Gasteiger partial charge is 0.444 e. The monoisotopic (exact) mass is 272 g/mol. The van der Waals surface area contributed by atoms with Crippen molar-refractivity contribution in [3.63, 3.8) is 0 Å². The van der Waals surface area contributed by atoms with Gasteiger partial charge in [0.1, 0.15) is 5.60 Å². The van der Waals surface area contributed by atoms with Crippen molar-refractivity contribution in [2.45, 2.75) is 54.1 Å². The van der Waals surface area contributed by atoms with Crippen molar-refractivity contribution < 1.29 is 9.53 Å². The molecule has 1 aliphatic heterocycles. The molecule has 1 rings (SSSR count). The van der Waals surface area contributed by atoms with Gasteiger partial charge in [0, 0.05) is 32.7 Å². The zero-order chi connectivity index (χ0) is 15.1. The zero-order valence-corrected chi connectivity index (χ0v) is 13.8. The maximum Gasteiger partial charge on any atom is 0.410 e. The third kappa shape index (κ3) is 8.09. The summed E-state index contributed by atoms with van der Waals surface area (Å²) in [5.41, 5.74) is -0.397. The molecule has 0 spiro atoms. The number of hydrogen-bond acceptors (Lipinski definition) is 3. The highest BCUT2D eigenvalue weighted by molar-refractivity contribution is 5.68. The number of carbonyl (C=O) groups excluding carboxylic acids is 1. The Labute approximate surface area is 119 Å². The highest BCUT2D eigenvalue weighted by Gasteiger charge is 2.25. The van der Waals surface area contributed by atoms with Gasteiger partial charge in [-0.05, 0) is 26.7 Å². The molecule has 0 aromatic rings. The summed E-state index contributed by atoms with van der Waals surface area (Å²) in [6.45, 7) is 18.7. The Hall–Kier alpha value is -0.770. The molecule has 0 aromatic heterocycles. The van der Waals surface area contributed by atoms with Crippen LogP contribution in [0.15, 0.2) is 0 Å². The van der Waals surface area contributed by atoms with E-state index in [1.54, 1.807) is 0 Å². The quantitative estimate of drug-likeness (QED) is 0.774. The van der Waals surface area contributed by atoms with Crippen molar-refractivity contribution in [1.29, 1.82) is 0 Å². The minimum absolute atomic E-state index is 0.179. The molecule has 0 radical (unpaired) electrons. The molecular formula is C15H32N2O2. The first-order valence-electron chi connectivity index (χ1n) is 7.48. The van der Waals surface area contributed by atoms with Gasteiger partial charge in [-0.3, -0.25) is 4.90 Å². The Morgan fingerprint density at radius 3 is 1.95 bits per heavy atom. The van der Waals surface area contributed by atoms with E-state index < -0.39 is 5.60 Å². The summed E-state index contributed by atoms with van der Waals surface area (Å²) in [7, 11) is 0. The number of nitrogens with zero attached hydrogens (tertiary/aromatic N) is 2. The molecular weight excluding hydrogens is 240 g/mol.